The molecular weight excluding hydrogens is 161 g/mol. The maximum absolute atomic E-state index is 5.46. The van der Waals surface area contributed by atoms with Gasteiger partial charge in [-0.3, -0.25) is 0 Å². The Labute approximate surface area is 83.3 Å². The Morgan fingerprint density at radius 2 is 1.77 bits per heavy atom. The normalized spacial score (nSPS) is 11.5. The zero-order valence-electron chi connectivity index (χ0n) is 9.55. The molecule has 0 fully saturated rings. The molecule has 13 heavy (non-hydrogen) atoms. The maximum Gasteiger partial charge on any atom is 0.480 e. The van der Waals surface area contributed by atoms with Crippen LogP contribution < -0.4 is 0 Å². The van der Waals surface area contributed by atoms with Crippen LogP contribution in [-0.4, -0.2) is 25.5 Å². The van der Waals surface area contributed by atoms with Crippen molar-refractivity contribution in [2.45, 2.75) is 34.6 Å². The summed E-state index contributed by atoms with van der Waals surface area (Å²) in [6, 6.07) is 0. The number of hydrogen-bond donors (Lipinski definition) is 0. The molecule has 1 radical (unpaired) electrons. The molecule has 0 heterocycles. The molecule has 0 amide bonds. The van der Waals surface area contributed by atoms with Gasteiger partial charge in [-0.2, -0.15) is 0 Å². The van der Waals surface area contributed by atoms with Gasteiger partial charge in [0.2, 0.25) is 0 Å². The van der Waals surface area contributed by atoms with E-state index in [1.54, 1.807) is 7.62 Å². The number of rotatable bonds is 5. The molecule has 0 aliphatic heterocycles. The Morgan fingerprint density at radius 3 is 2.08 bits per heavy atom. The highest BCUT2D eigenvalue weighted by atomic mass is 16.4. The molecule has 0 aliphatic rings. The number of nitrogens with zero attached hydrogens (tertiary/aromatic N) is 1. The lowest BCUT2D eigenvalue weighted by Crippen LogP contribution is -2.30. The van der Waals surface area contributed by atoms with E-state index in [-0.39, 0.29) is 5.41 Å². The number of allylic oxidation sites excluding steroid dienone is 1. The second kappa shape index (κ2) is 5.33. The highest BCUT2D eigenvalue weighted by Crippen LogP contribution is 2.23. The molecule has 0 N–H and O–H groups in total. The second-order valence-electron chi connectivity index (χ2n) is 4.12. The van der Waals surface area contributed by atoms with Crippen molar-refractivity contribution in [3.63, 3.8) is 0 Å². The minimum Gasteiger partial charge on any atom is -0.551 e. The van der Waals surface area contributed by atoms with Crippen LogP contribution in [0.1, 0.15) is 34.6 Å². The average molecular weight is 182 g/mol. The van der Waals surface area contributed by atoms with Crippen molar-refractivity contribution < 1.29 is 4.65 Å². The standard InChI is InChI=1S/C10H21BNO/c1-7-12(8-2)11-13-9(3)10(4,5)6/h3,7-8H2,1-2,4-6H3. The van der Waals surface area contributed by atoms with Crippen molar-refractivity contribution in [1.29, 1.82) is 0 Å². The molecular formula is C10H21BNO. The van der Waals surface area contributed by atoms with Crippen molar-refractivity contribution in [1.82, 2.24) is 4.81 Å². The van der Waals surface area contributed by atoms with Crippen molar-refractivity contribution in [3.05, 3.63) is 12.3 Å². The summed E-state index contributed by atoms with van der Waals surface area (Å²) in [6.45, 7) is 16.3. The first-order valence-electron chi connectivity index (χ1n) is 4.85. The van der Waals surface area contributed by atoms with Crippen LogP contribution in [0.2, 0.25) is 0 Å². The molecule has 0 rings (SSSR count). The zero-order chi connectivity index (χ0) is 10.5. The Hall–Kier alpha value is -0.435. The monoisotopic (exact) mass is 182 g/mol. The predicted octanol–water partition coefficient (Wildman–Crippen LogP) is 2.44. The smallest absolute Gasteiger partial charge is 0.480 e. The lowest BCUT2D eigenvalue weighted by Gasteiger charge is -2.25. The van der Waals surface area contributed by atoms with E-state index >= 15 is 0 Å². The summed E-state index contributed by atoms with van der Waals surface area (Å²) in [5.41, 5.74) is 0.0175. The van der Waals surface area contributed by atoms with Crippen LogP contribution in [0.3, 0.4) is 0 Å². The van der Waals surface area contributed by atoms with Crippen LogP contribution in [-0.2, 0) is 4.65 Å². The van der Waals surface area contributed by atoms with E-state index in [4.69, 9.17) is 4.65 Å². The molecule has 75 valence electrons. The summed E-state index contributed by atoms with van der Waals surface area (Å²) in [5.74, 6) is 0.805. The Bertz CT molecular complexity index is 159. The van der Waals surface area contributed by atoms with E-state index in [9.17, 15) is 0 Å². The lowest BCUT2D eigenvalue weighted by molar-refractivity contribution is 0.277. The number of hydrogen-bond acceptors (Lipinski definition) is 2. The third kappa shape index (κ3) is 4.99. The fraction of sp³-hybridized carbons (Fsp3) is 0.800. The van der Waals surface area contributed by atoms with Gasteiger partial charge < -0.3 is 9.47 Å². The van der Waals surface area contributed by atoms with Crippen LogP contribution in [0, 0.1) is 5.41 Å². The Morgan fingerprint density at radius 1 is 1.31 bits per heavy atom. The molecule has 0 aromatic heterocycles. The van der Waals surface area contributed by atoms with Crippen molar-refractivity contribution >= 4 is 7.62 Å². The average Bonchev–Trinajstić information content (AvgIpc) is 2.04. The van der Waals surface area contributed by atoms with E-state index < -0.39 is 0 Å². The summed E-state index contributed by atoms with van der Waals surface area (Å²) < 4.78 is 5.46. The summed E-state index contributed by atoms with van der Waals surface area (Å²) >= 11 is 0. The van der Waals surface area contributed by atoms with Gasteiger partial charge in [0.05, 0.1) is 5.76 Å². The van der Waals surface area contributed by atoms with Gasteiger partial charge >= 0.3 is 7.62 Å². The largest absolute Gasteiger partial charge is 0.551 e. The summed E-state index contributed by atoms with van der Waals surface area (Å²) in [7, 11) is 1.76. The van der Waals surface area contributed by atoms with E-state index in [2.05, 4.69) is 46.0 Å². The van der Waals surface area contributed by atoms with Crippen LogP contribution >= 0.6 is 0 Å². The van der Waals surface area contributed by atoms with E-state index in [1.807, 2.05) is 0 Å². The molecule has 0 atom stereocenters. The van der Waals surface area contributed by atoms with Crippen LogP contribution in [0.5, 0.6) is 0 Å². The molecule has 0 aromatic carbocycles. The first kappa shape index (κ1) is 12.6. The van der Waals surface area contributed by atoms with E-state index in [1.165, 1.54) is 0 Å². The summed E-state index contributed by atoms with van der Waals surface area (Å²) in [6.07, 6.45) is 0. The molecule has 0 bridgehead atoms. The molecule has 2 nitrogen and oxygen atoms in total. The first-order chi connectivity index (χ1) is 5.91. The SMILES string of the molecule is C=C(O[B]N(CC)CC)C(C)(C)C. The maximum atomic E-state index is 5.46. The van der Waals surface area contributed by atoms with E-state index in [0.29, 0.717) is 0 Å². The Kier molecular flexibility index (Phi) is 5.15. The first-order valence-corrected chi connectivity index (χ1v) is 4.85. The van der Waals surface area contributed by atoms with Gasteiger partial charge in [-0.1, -0.05) is 41.2 Å². The molecule has 3 heteroatoms. The van der Waals surface area contributed by atoms with Crippen LogP contribution in [0.4, 0.5) is 0 Å². The minimum absolute atomic E-state index is 0.0175. The van der Waals surface area contributed by atoms with Crippen molar-refractivity contribution in [3.8, 4) is 0 Å². The molecule has 0 spiro atoms. The van der Waals surface area contributed by atoms with Crippen molar-refractivity contribution in [2.24, 2.45) is 5.41 Å². The van der Waals surface area contributed by atoms with Crippen molar-refractivity contribution in [2.75, 3.05) is 13.1 Å². The molecule has 0 unspecified atom stereocenters. The van der Waals surface area contributed by atoms with E-state index in [0.717, 1.165) is 18.8 Å². The fourth-order valence-electron chi connectivity index (χ4n) is 0.688. The third-order valence-corrected chi connectivity index (χ3v) is 1.99. The highest BCUT2D eigenvalue weighted by molar-refractivity contribution is 6.23. The van der Waals surface area contributed by atoms with Gasteiger partial charge in [-0.25, -0.2) is 0 Å². The third-order valence-electron chi connectivity index (χ3n) is 1.99. The lowest BCUT2D eigenvalue weighted by atomic mass is 9.94. The van der Waals surface area contributed by atoms with Crippen LogP contribution in [0.25, 0.3) is 0 Å². The molecule has 0 aliphatic carbocycles. The highest BCUT2D eigenvalue weighted by Gasteiger charge is 2.17. The van der Waals surface area contributed by atoms with Gasteiger partial charge in [0.25, 0.3) is 0 Å². The van der Waals surface area contributed by atoms with Crippen LogP contribution in [0.15, 0.2) is 12.3 Å². The van der Waals surface area contributed by atoms with Gasteiger partial charge in [-0.15, -0.1) is 0 Å². The Balaban J connectivity index is 3.82. The fourth-order valence-corrected chi connectivity index (χ4v) is 0.688. The minimum atomic E-state index is 0.0175. The molecule has 0 aromatic rings. The second-order valence-corrected chi connectivity index (χ2v) is 4.12. The quantitative estimate of drug-likeness (QED) is 0.478. The molecule has 0 saturated carbocycles. The predicted molar refractivity (Wildman–Crippen MR) is 58.4 cm³/mol. The molecule has 0 saturated heterocycles. The topological polar surface area (TPSA) is 12.5 Å². The summed E-state index contributed by atoms with van der Waals surface area (Å²) in [5, 5.41) is 0. The van der Waals surface area contributed by atoms with Gasteiger partial charge in [0, 0.05) is 5.41 Å². The van der Waals surface area contributed by atoms with Gasteiger partial charge in [-0.05, 0) is 13.1 Å². The zero-order valence-corrected chi connectivity index (χ0v) is 9.55. The van der Waals surface area contributed by atoms with Gasteiger partial charge in [0.1, 0.15) is 0 Å². The van der Waals surface area contributed by atoms with Gasteiger partial charge in [0.15, 0.2) is 0 Å². The summed E-state index contributed by atoms with van der Waals surface area (Å²) in [4.78, 5) is 2.09.